The van der Waals surface area contributed by atoms with Gasteiger partial charge in [0.15, 0.2) is 5.75 Å². The topological polar surface area (TPSA) is 84.6 Å². The molecule has 0 atom stereocenters. The molecule has 1 amide bonds. The molecule has 0 aliphatic carbocycles. The highest BCUT2D eigenvalue weighted by molar-refractivity contribution is 5.98. The maximum absolute atomic E-state index is 12.2. The van der Waals surface area contributed by atoms with Crippen LogP contribution < -0.4 is 15.8 Å². The molecule has 5 nitrogen and oxygen atoms in total. The van der Waals surface area contributed by atoms with Crippen LogP contribution in [-0.4, -0.2) is 18.1 Å². The van der Waals surface area contributed by atoms with Crippen molar-refractivity contribution < 1.29 is 14.6 Å². The van der Waals surface area contributed by atoms with Gasteiger partial charge in [0.2, 0.25) is 0 Å². The van der Waals surface area contributed by atoms with Crippen molar-refractivity contribution in [1.82, 2.24) is 5.32 Å². The molecule has 4 N–H and O–H groups in total. The first-order chi connectivity index (χ1) is 10.2. The molecule has 0 radical (unpaired) electrons. The van der Waals surface area contributed by atoms with Crippen LogP contribution in [0.3, 0.4) is 0 Å². The SMILES string of the molecule is COc1c(N)cccc1C(=O)NCc1ccc(CO)cc1. The van der Waals surface area contributed by atoms with Gasteiger partial charge in [-0.1, -0.05) is 30.3 Å². The van der Waals surface area contributed by atoms with E-state index < -0.39 is 0 Å². The largest absolute Gasteiger partial charge is 0.494 e. The highest BCUT2D eigenvalue weighted by Gasteiger charge is 2.13. The summed E-state index contributed by atoms with van der Waals surface area (Å²) >= 11 is 0. The predicted molar refractivity (Wildman–Crippen MR) is 80.9 cm³/mol. The molecule has 2 rings (SSSR count). The van der Waals surface area contributed by atoms with Crippen LogP contribution in [0.1, 0.15) is 21.5 Å². The molecule has 110 valence electrons. The lowest BCUT2D eigenvalue weighted by molar-refractivity contribution is 0.0948. The first-order valence-electron chi connectivity index (χ1n) is 6.55. The second-order valence-electron chi connectivity index (χ2n) is 4.59. The maximum Gasteiger partial charge on any atom is 0.255 e. The lowest BCUT2D eigenvalue weighted by Gasteiger charge is -2.11. The molecule has 0 saturated heterocycles. The number of hydrogen-bond acceptors (Lipinski definition) is 4. The molecule has 0 aliphatic heterocycles. The minimum Gasteiger partial charge on any atom is -0.494 e. The van der Waals surface area contributed by atoms with Crippen molar-refractivity contribution in [2.75, 3.05) is 12.8 Å². The third-order valence-electron chi connectivity index (χ3n) is 3.15. The number of nitrogen functional groups attached to an aromatic ring is 1. The van der Waals surface area contributed by atoms with E-state index in [1.807, 2.05) is 24.3 Å². The zero-order valence-electron chi connectivity index (χ0n) is 11.8. The Morgan fingerprint density at radius 3 is 2.48 bits per heavy atom. The average Bonchev–Trinajstić information content (AvgIpc) is 2.52. The molecule has 21 heavy (non-hydrogen) atoms. The van der Waals surface area contributed by atoms with E-state index in [4.69, 9.17) is 15.6 Å². The summed E-state index contributed by atoms with van der Waals surface area (Å²) in [4.78, 5) is 12.2. The van der Waals surface area contributed by atoms with Gasteiger partial charge in [-0.15, -0.1) is 0 Å². The average molecular weight is 286 g/mol. The number of ether oxygens (including phenoxy) is 1. The van der Waals surface area contributed by atoms with E-state index in [0.29, 0.717) is 23.5 Å². The Hall–Kier alpha value is -2.53. The lowest BCUT2D eigenvalue weighted by Crippen LogP contribution is -2.23. The first-order valence-corrected chi connectivity index (χ1v) is 6.55. The molecule has 0 aromatic heterocycles. The smallest absolute Gasteiger partial charge is 0.255 e. The summed E-state index contributed by atoms with van der Waals surface area (Å²) in [6, 6.07) is 12.4. The van der Waals surface area contributed by atoms with Gasteiger partial charge in [0.05, 0.1) is 25.0 Å². The second kappa shape index (κ2) is 6.76. The quantitative estimate of drug-likeness (QED) is 0.730. The van der Waals surface area contributed by atoms with E-state index in [9.17, 15) is 4.79 Å². The number of rotatable bonds is 5. The summed E-state index contributed by atoms with van der Waals surface area (Å²) in [6.45, 7) is 0.398. The predicted octanol–water partition coefficient (Wildman–Crippen LogP) is 1.70. The van der Waals surface area contributed by atoms with E-state index in [1.54, 1.807) is 18.2 Å². The number of hydrogen-bond donors (Lipinski definition) is 3. The van der Waals surface area contributed by atoms with Gasteiger partial charge < -0.3 is 20.9 Å². The van der Waals surface area contributed by atoms with Crippen molar-refractivity contribution in [1.29, 1.82) is 0 Å². The van der Waals surface area contributed by atoms with E-state index in [1.165, 1.54) is 7.11 Å². The number of carbonyl (C=O) groups excluding carboxylic acids is 1. The Morgan fingerprint density at radius 1 is 1.19 bits per heavy atom. The Kier molecular flexibility index (Phi) is 4.79. The molecule has 0 heterocycles. The lowest BCUT2D eigenvalue weighted by atomic mass is 10.1. The summed E-state index contributed by atoms with van der Waals surface area (Å²) in [5.41, 5.74) is 8.40. The van der Waals surface area contributed by atoms with Gasteiger partial charge >= 0.3 is 0 Å². The third-order valence-corrected chi connectivity index (χ3v) is 3.15. The summed E-state index contributed by atoms with van der Waals surface area (Å²) in [5, 5.41) is 11.8. The molecule has 0 spiro atoms. The first kappa shape index (κ1) is 14.9. The van der Waals surface area contributed by atoms with Crippen molar-refractivity contribution in [3.63, 3.8) is 0 Å². The molecule has 0 aliphatic rings. The zero-order chi connectivity index (χ0) is 15.2. The normalized spacial score (nSPS) is 10.2. The van der Waals surface area contributed by atoms with Gasteiger partial charge in [-0.3, -0.25) is 4.79 Å². The third kappa shape index (κ3) is 3.52. The highest BCUT2D eigenvalue weighted by Crippen LogP contribution is 2.25. The van der Waals surface area contributed by atoms with Crippen LogP contribution in [0, 0.1) is 0 Å². The molecule has 0 saturated carbocycles. The molecule has 5 heteroatoms. The number of aliphatic hydroxyl groups excluding tert-OH is 1. The van der Waals surface area contributed by atoms with Crippen LogP contribution in [0.15, 0.2) is 42.5 Å². The van der Waals surface area contributed by atoms with Crippen LogP contribution in [0.25, 0.3) is 0 Å². The summed E-state index contributed by atoms with van der Waals surface area (Å²) in [6.07, 6.45) is 0. The monoisotopic (exact) mass is 286 g/mol. The summed E-state index contributed by atoms with van der Waals surface area (Å²) < 4.78 is 5.17. The number of nitrogens with two attached hydrogens (primary N) is 1. The van der Waals surface area contributed by atoms with Gasteiger partial charge in [-0.25, -0.2) is 0 Å². The molecule has 0 bridgehead atoms. The van der Waals surface area contributed by atoms with Crippen molar-refractivity contribution in [2.45, 2.75) is 13.2 Å². The summed E-state index contributed by atoms with van der Waals surface area (Å²) in [5.74, 6) is 0.135. The number of aliphatic hydroxyl groups is 1. The Labute approximate surface area is 123 Å². The van der Waals surface area contributed by atoms with Crippen molar-refractivity contribution in [3.8, 4) is 5.75 Å². The fourth-order valence-corrected chi connectivity index (χ4v) is 2.00. The Bertz CT molecular complexity index is 624. The highest BCUT2D eigenvalue weighted by atomic mass is 16.5. The Balaban J connectivity index is 2.06. The molecule has 2 aromatic rings. The minimum absolute atomic E-state index is 0.00707. The number of nitrogens with one attached hydrogen (secondary N) is 1. The number of benzene rings is 2. The number of para-hydroxylation sites is 1. The standard InChI is InChI=1S/C16H18N2O3/c1-21-15-13(3-2-4-14(15)17)16(20)18-9-11-5-7-12(10-19)8-6-11/h2-8,19H,9-10,17H2,1H3,(H,18,20). The van der Waals surface area contributed by atoms with E-state index in [-0.39, 0.29) is 12.5 Å². The van der Waals surface area contributed by atoms with Gasteiger partial charge in [-0.05, 0) is 23.3 Å². The number of amides is 1. The van der Waals surface area contributed by atoms with Crippen LogP contribution in [0.4, 0.5) is 5.69 Å². The maximum atomic E-state index is 12.2. The van der Waals surface area contributed by atoms with Crippen LogP contribution >= 0.6 is 0 Å². The van der Waals surface area contributed by atoms with Crippen LogP contribution in [0.2, 0.25) is 0 Å². The molecular formula is C16H18N2O3. The van der Waals surface area contributed by atoms with Crippen molar-refractivity contribution in [3.05, 3.63) is 59.2 Å². The van der Waals surface area contributed by atoms with E-state index >= 15 is 0 Å². The molecule has 0 fully saturated rings. The fraction of sp³-hybridized carbons (Fsp3) is 0.188. The van der Waals surface area contributed by atoms with Crippen molar-refractivity contribution >= 4 is 11.6 Å². The summed E-state index contributed by atoms with van der Waals surface area (Å²) in [7, 11) is 1.48. The van der Waals surface area contributed by atoms with Gasteiger partial charge in [-0.2, -0.15) is 0 Å². The van der Waals surface area contributed by atoms with E-state index in [0.717, 1.165) is 11.1 Å². The number of carbonyl (C=O) groups is 1. The van der Waals surface area contributed by atoms with Gasteiger partial charge in [0.1, 0.15) is 0 Å². The van der Waals surface area contributed by atoms with Crippen LogP contribution in [-0.2, 0) is 13.2 Å². The minimum atomic E-state index is -0.245. The fourth-order valence-electron chi connectivity index (χ4n) is 2.00. The molecule has 0 unspecified atom stereocenters. The van der Waals surface area contributed by atoms with Crippen molar-refractivity contribution in [2.24, 2.45) is 0 Å². The van der Waals surface area contributed by atoms with Gasteiger partial charge in [0.25, 0.3) is 5.91 Å². The van der Waals surface area contributed by atoms with Gasteiger partial charge in [0, 0.05) is 6.54 Å². The molecular weight excluding hydrogens is 268 g/mol. The molecule has 2 aromatic carbocycles. The van der Waals surface area contributed by atoms with E-state index in [2.05, 4.69) is 5.32 Å². The van der Waals surface area contributed by atoms with Crippen LogP contribution in [0.5, 0.6) is 5.75 Å². The number of methoxy groups -OCH3 is 1. The zero-order valence-corrected chi connectivity index (χ0v) is 11.8. The second-order valence-corrected chi connectivity index (χ2v) is 4.59. The number of anilines is 1. The Morgan fingerprint density at radius 2 is 1.86 bits per heavy atom.